The van der Waals surface area contributed by atoms with Crippen LogP contribution in [0, 0.1) is 12.7 Å². The fourth-order valence-corrected chi connectivity index (χ4v) is 4.33. The second-order valence-electron chi connectivity index (χ2n) is 6.59. The van der Waals surface area contributed by atoms with Crippen molar-refractivity contribution in [1.82, 2.24) is 19.7 Å². The second-order valence-corrected chi connectivity index (χ2v) is 8.65. The van der Waals surface area contributed by atoms with E-state index >= 15 is 0 Å². The van der Waals surface area contributed by atoms with E-state index < -0.39 is 0 Å². The summed E-state index contributed by atoms with van der Waals surface area (Å²) in [5.74, 6) is -0.231. The zero-order valence-electron chi connectivity index (χ0n) is 16.1. The van der Waals surface area contributed by atoms with E-state index in [4.69, 9.17) is 0 Å². The fourth-order valence-electron chi connectivity index (χ4n) is 2.74. The van der Waals surface area contributed by atoms with Crippen LogP contribution in [0.1, 0.15) is 16.0 Å². The standard InChI is InChI=1S/C21H18FN5OS2/c1-14-2-8-17(9-3-14)27-13-24-26-21(27)29-12-19(28)25-20-23-11-18(30-20)10-15-4-6-16(22)7-5-15/h2-9,11,13H,10,12H2,1H3,(H,23,25,28). The molecule has 2 aromatic heterocycles. The van der Waals surface area contributed by atoms with Crippen molar-refractivity contribution < 1.29 is 9.18 Å². The topological polar surface area (TPSA) is 72.7 Å². The molecule has 0 aliphatic carbocycles. The summed E-state index contributed by atoms with van der Waals surface area (Å²) in [6.45, 7) is 2.03. The van der Waals surface area contributed by atoms with Crippen molar-refractivity contribution in [2.75, 3.05) is 11.1 Å². The summed E-state index contributed by atoms with van der Waals surface area (Å²) in [5, 5.41) is 12.1. The maximum absolute atomic E-state index is 13.0. The number of thioether (sulfide) groups is 1. The number of carbonyl (C=O) groups is 1. The van der Waals surface area contributed by atoms with E-state index in [-0.39, 0.29) is 17.5 Å². The number of carbonyl (C=O) groups excluding carboxylic acids is 1. The highest BCUT2D eigenvalue weighted by molar-refractivity contribution is 7.99. The normalized spacial score (nSPS) is 10.9. The molecular weight excluding hydrogens is 421 g/mol. The van der Waals surface area contributed by atoms with Gasteiger partial charge in [-0.15, -0.1) is 21.5 Å². The van der Waals surface area contributed by atoms with E-state index in [1.807, 2.05) is 35.8 Å². The molecule has 0 saturated heterocycles. The van der Waals surface area contributed by atoms with Gasteiger partial charge in [-0.2, -0.15) is 0 Å². The molecule has 152 valence electrons. The summed E-state index contributed by atoms with van der Waals surface area (Å²) in [6, 6.07) is 14.4. The molecule has 30 heavy (non-hydrogen) atoms. The molecule has 2 aromatic carbocycles. The van der Waals surface area contributed by atoms with Gasteiger partial charge in [0.1, 0.15) is 12.1 Å². The van der Waals surface area contributed by atoms with Gasteiger partial charge < -0.3 is 5.32 Å². The zero-order chi connectivity index (χ0) is 20.9. The minimum Gasteiger partial charge on any atom is -0.301 e. The maximum atomic E-state index is 13.0. The number of rotatable bonds is 7. The van der Waals surface area contributed by atoms with Crippen molar-refractivity contribution in [2.24, 2.45) is 0 Å². The molecule has 0 atom stereocenters. The number of anilines is 1. The van der Waals surface area contributed by atoms with Crippen molar-refractivity contribution in [2.45, 2.75) is 18.5 Å². The van der Waals surface area contributed by atoms with Crippen LogP contribution in [0.2, 0.25) is 0 Å². The first-order chi connectivity index (χ1) is 14.6. The molecule has 0 aliphatic heterocycles. The third kappa shape index (κ3) is 5.11. The molecule has 0 bridgehead atoms. The monoisotopic (exact) mass is 439 g/mol. The Labute approximate surface area is 181 Å². The summed E-state index contributed by atoms with van der Waals surface area (Å²) in [4.78, 5) is 17.6. The van der Waals surface area contributed by atoms with E-state index in [9.17, 15) is 9.18 Å². The lowest BCUT2D eigenvalue weighted by molar-refractivity contribution is -0.113. The fraction of sp³-hybridized carbons (Fsp3) is 0.143. The summed E-state index contributed by atoms with van der Waals surface area (Å²) in [5.41, 5.74) is 3.10. The Balaban J connectivity index is 1.33. The Morgan fingerprint density at radius 1 is 1.17 bits per heavy atom. The van der Waals surface area contributed by atoms with Gasteiger partial charge in [0.15, 0.2) is 10.3 Å². The number of hydrogen-bond acceptors (Lipinski definition) is 6. The minimum atomic E-state index is -0.258. The van der Waals surface area contributed by atoms with Gasteiger partial charge in [-0.1, -0.05) is 41.6 Å². The Bertz CT molecular complexity index is 1140. The molecule has 6 nitrogen and oxygen atoms in total. The van der Waals surface area contributed by atoms with E-state index in [0.717, 1.165) is 16.1 Å². The highest BCUT2D eigenvalue weighted by Gasteiger charge is 2.12. The van der Waals surface area contributed by atoms with Crippen LogP contribution in [0.15, 0.2) is 66.2 Å². The van der Waals surface area contributed by atoms with Crippen LogP contribution in [-0.2, 0) is 11.2 Å². The second kappa shape index (κ2) is 9.19. The lowest BCUT2D eigenvalue weighted by atomic mass is 10.1. The molecule has 0 radical (unpaired) electrons. The van der Waals surface area contributed by atoms with Crippen molar-refractivity contribution in [1.29, 1.82) is 0 Å². The SMILES string of the molecule is Cc1ccc(-n2cnnc2SCC(=O)Nc2ncc(Cc3ccc(F)cc3)s2)cc1. The van der Waals surface area contributed by atoms with E-state index in [1.54, 1.807) is 24.7 Å². The first-order valence-electron chi connectivity index (χ1n) is 9.16. The number of aryl methyl sites for hydroxylation is 1. The van der Waals surface area contributed by atoms with Gasteiger partial charge in [-0.3, -0.25) is 9.36 Å². The van der Waals surface area contributed by atoms with E-state index in [1.165, 1.54) is 40.8 Å². The molecule has 1 amide bonds. The van der Waals surface area contributed by atoms with Crippen LogP contribution in [-0.4, -0.2) is 31.4 Å². The number of nitrogens with one attached hydrogen (secondary N) is 1. The van der Waals surface area contributed by atoms with Gasteiger partial charge in [-0.25, -0.2) is 9.37 Å². The van der Waals surface area contributed by atoms with Crippen LogP contribution in [0.3, 0.4) is 0 Å². The van der Waals surface area contributed by atoms with Crippen molar-refractivity contribution in [3.63, 3.8) is 0 Å². The average molecular weight is 440 g/mol. The molecule has 4 rings (SSSR count). The van der Waals surface area contributed by atoms with Crippen LogP contribution >= 0.6 is 23.1 Å². The van der Waals surface area contributed by atoms with Gasteiger partial charge in [0.05, 0.1) is 5.75 Å². The first-order valence-corrected chi connectivity index (χ1v) is 11.0. The Hall–Kier alpha value is -3.04. The smallest absolute Gasteiger partial charge is 0.236 e. The van der Waals surface area contributed by atoms with E-state index in [2.05, 4.69) is 20.5 Å². The van der Waals surface area contributed by atoms with Crippen LogP contribution in [0.5, 0.6) is 0 Å². The number of aromatic nitrogens is 4. The number of benzene rings is 2. The maximum Gasteiger partial charge on any atom is 0.236 e. The van der Waals surface area contributed by atoms with Crippen LogP contribution in [0.25, 0.3) is 5.69 Å². The van der Waals surface area contributed by atoms with Crippen LogP contribution in [0.4, 0.5) is 9.52 Å². The Morgan fingerprint density at radius 3 is 2.70 bits per heavy atom. The molecule has 0 unspecified atom stereocenters. The molecule has 9 heteroatoms. The number of halogens is 1. The summed E-state index contributed by atoms with van der Waals surface area (Å²) in [7, 11) is 0. The summed E-state index contributed by atoms with van der Waals surface area (Å²) >= 11 is 2.72. The third-order valence-corrected chi connectivity index (χ3v) is 6.11. The number of thiazole rings is 1. The summed E-state index contributed by atoms with van der Waals surface area (Å²) < 4.78 is 14.9. The zero-order valence-corrected chi connectivity index (χ0v) is 17.7. The van der Waals surface area contributed by atoms with Gasteiger partial charge in [0.25, 0.3) is 0 Å². The molecular formula is C21H18FN5OS2. The molecule has 0 spiro atoms. The molecule has 4 aromatic rings. The van der Waals surface area contributed by atoms with Crippen molar-refractivity contribution >= 4 is 34.1 Å². The minimum absolute atomic E-state index is 0.166. The number of nitrogens with zero attached hydrogens (tertiary/aromatic N) is 4. The third-order valence-electron chi connectivity index (χ3n) is 4.25. The molecule has 0 aliphatic rings. The number of amides is 1. The molecule has 0 fully saturated rings. The summed E-state index contributed by atoms with van der Waals surface area (Å²) in [6.07, 6.45) is 4.00. The highest BCUT2D eigenvalue weighted by Crippen LogP contribution is 2.23. The lowest BCUT2D eigenvalue weighted by Gasteiger charge is -2.06. The predicted octanol–water partition coefficient (Wildman–Crippen LogP) is 4.49. The first kappa shape index (κ1) is 20.2. The average Bonchev–Trinajstić information content (AvgIpc) is 3.38. The van der Waals surface area contributed by atoms with E-state index in [0.29, 0.717) is 16.7 Å². The van der Waals surface area contributed by atoms with Gasteiger partial charge in [0, 0.05) is 23.2 Å². The predicted molar refractivity (Wildman–Crippen MR) is 117 cm³/mol. The van der Waals surface area contributed by atoms with Gasteiger partial charge >= 0.3 is 0 Å². The van der Waals surface area contributed by atoms with Crippen molar-refractivity contribution in [3.8, 4) is 5.69 Å². The molecule has 0 saturated carbocycles. The number of hydrogen-bond donors (Lipinski definition) is 1. The highest BCUT2D eigenvalue weighted by atomic mass is 32.2. The van der Waals surface area contributed by atoms with Crippen LogP contribution < -0.4 is 5.32 Å². The van der Waals surface area contributed by atoms with Gasteiger partial charge in [0.2, 0.25) is 5.91 Å². The largest absolute Gasteiger partial charge is 0.301 e. The van der Waals surface area contributed by atoms with Crippen molar-refractivity contribution in [3.05, 3.63) is 82.9 Å². The van der Waals surface area contributed by atoms with Gasteiger partial charge in [-0.05, 0) is 36.8 Å². The Morgan fingerprint density at radius 2 is 1.93 bits per heavy atom. The molecule has 1 N–H and O–H groups in total. The quantitative estimate of drug-likeness (QED) is 0.430. The molecule has 2 heterocycles. The lowest BCUT2D eigenvalue weighted by Crippen LogP contribution is -2.14. The Kier molecular flexibility index (Phi) is 6.20.